The number of carbonyl (C=O) groups excluding carboxylic acids is 2. The predicted octanol–water partition coefficient (Wildman–Crippen LogP) is -0.567. The Bertz CT molecular complexity index is 409. The Morgan fingerprint density at radius 3 is 2.50 bits per heavy atom. The summed E-state index contributed by atoms with van der Waals surface area (Å²) in [5, 5.41) is 19.5. The van der Waals surface area contributed by atoms with Crippen molar-refractivity contribution in [3.05, 3.63) is 0 Å². The average molecular weight is 286 g/mol. The van der Waals surface area contributed by atoms with E-state index in [2.05, 4.69) is 5.32 Å². The lowest BCUT2D eigenvalue weighted by Gasteiger charge is -2.21. The molecule has 1 fully saturated rings. The van der Waals surface area contributed by atoms with E-state index in [0.29, 0.717) is 13.0 Å². The van der Waals surface area contributed by atoms with Gasteiger partial charge < -0.3 is 20.4 Å². The second kappa shape index (κ2) is 7.46. The molecule has 1 rings (SSSR count). The van der Waals surface area contributed by atoms with Crippen molar-refractivity contribution in [3.63, 3.8) is 0 Å². The van der Waals surface area contributed by atoms with Crippen LogP contribution in [0.2, 0.25) is 0 Å². The van der Waals surface area contributed by atoms with E-state index in [0.717, 1.165) is 19.3 Å². The molecule has 20 heavy (non-hydrogen) atoms. The van der Waals surface area contributed by atoms with Crippen molar-refractivity contribution < 1.29 is 29.4 Å². The molecular formula is C12H18N2O6. The van der Waals surface area contributed by atoms with Crippen molar-refractivity contribution in [2.24, 2.45) is 0 Å². The maximum absolute atomic E-state index is 11.7. The Kier molecular flexibility index (Phi) is 5.95. The van der Waals surface area contributed by atoms with Crippen LogP contribution in [0.4, 0.5) is 0 Å². The highest BCUT2D eigenvalue weighted by Crippen LogP contribution is 2.10. The molecule has 1 aliphatic heterocycles. The van der Waals surface area contributed by atoms with E-state index in [9.17, 15) is 19.2 Å². The molecule has 0 aliphatic carbocycles. The van der Waals surface area contributed by atoms with Crippen LogP contribution in [0.3, 0.4) is 0 Å². The summed E-state index contributed by atoms with van der Waals surface area (Å²) < 4.78 is 0. The number of likely N-dealkylation sites (tertiary alicyclic amines) is 1. The predicted molar refractivity (Wildman–Crippen MR) is 66.9 cm³/mol. The average Bonchev–Trinajstić information content (AvgIpc) is 2.53. The van der Waals surface area contributed by atoms with E-state index < -0.39 is 30.3 Å². The molecule has 1 saturated heterocycles. The number of carboxylic acid groups (broad SMARTS) is 2. The zero-order valence-electron chi connectivity index (χ0n) is 11.0. The molecule has 112 valence electrons. The molecule has 0 aromatic carbocycles. The van der Waals surface area contributed by atoms with E-state index in [1.807, 2.05) is 0 Å². The van der Waals surface area contributed by atoms with Crippen LogP contribution in [0.5, 0.6) is 0 Å². The van der Waals surface area contributed by atoms with Crippen molar-refractivity contribution >= 4 is 23.8 Å². The molecule has 8 nitrogen and oxygen atoms in total. The van der Waals surface area contributed by atoms with Crippen molar-refractivity contribution in [2.45, 2.75) is 38.1 Å². The molecule has 3 N–H and O–H groups in total. The number of nitrogens with one attached hydrogen (secondary N) is 1. The first-order chi connectivity index (χ1) is 9.40. The lowest BCUT2D eigenvalue weighted by Crippen LogP contribution is -2.47. The smallest absolute Gasteiger partial charge is 0.326 e. The highest BCUT2D eigenvalue weighted by Gasteiger charge is 2.25. The Balaban J connectivity index is 2.53. The van der Waals surface area contributed by atoms with E-state index >= 15 is 0 Å². The van der Waals surface area contributed by atoms with Gasteiger partial charge in [0.1, 0.15) is 6.04 Å². The van der Waals surface area contributed by atoms with Crippen molar-refractivity contribution in [2.75, 3.05) is 13.1 Å². The summed E-state index contributed by atoms with van der Waals surface area (Å²) >= 11 is 0. The number of carboxylic acids is 2. The fourth-order valence-corrected chi connectivity index (χ4v) is 1.99. The fourth-order valence-electron chi connectivity index (χ4n) is 1.99. The number of aliphatic carboxylic acids is 2. The number of amides is 2. The summed E-state index contributed by atoms with van der Waals surface area (Å²) in [5.74, 6) is -3.52. The van der Waals surface area contributed by atoms with Gasteiger partial charge >= 0.3 is 11.9 Å². The third-order valence-corrected chi connectivity index (χ3v) is 3.02. The number of rotatable bonds is 6. The molecule has 0 spiro atoms. The quantitative estimate of drug-likeness (QED) is 0.601. The van der Waals surface area contributed by atoms with Gasteiger partial charge in [-0.3, -0.25) is 14.4 Å². The first kappa shape index (κ1) is 15.9. The van der Waals surface area contributed by atoms with Gasteiger partial charge in [-0.05, 0) is 12.8 Å². The van der Waals surface area contributed by atoms with Gasteiger partial charge in [0, 0.05) is 13.0 Å². The maximum atomic E-state index is 11.7. The van der Waals surface area contributed by atoms with Gasteiger partial charge in [-0.2, -0.15) is 0 Å². The Morgan fingerprint density at radius 1 is 1.20 bits per heavy atom. The molecule has 0 saturated carbocycles. The summed E-state index contributed by atoms with van der Waals surface area (Å²) in [6.07, 6.45) is 2.19. The molecule has 0 aromatic heterocycles. The minimum Gasteiger partial charge on any atom is -0.481 e. The number of carbonyl (C=O) groups is 4. The van der Waals surface area contributed by atoms with E-state index in [4.69, 9.17) is 10.2 Å². The molecule has 8 heteroatoms. The largest absolute Gasteiger partial charge is 0.481 e. The monoisotopic (exact) mass is 286 g/mol. The highest BCUT2D eigenvalue weighted by atomic mass is 16.4. The van der Waals surface area contributed by atoms with Crippen LogP contribution in [-0.4, -0.2) is 58.0 Å². The molecule has 1 heterocycles. The minimum absolute atomic E-state index is 0.136. The molecule has 1 unspecified atom stereocenters. The molecule has 0 bridgehead atoms. The zero-order valence-corrected chi connectivity index (χ0v) is 11.0. The van der Waals surface area contributed by atoms with Gasteiger partial charge in [0.15, 0.2) is 0 Å². The number of hydrogen-bond donors (Lipinski definition) is 3. The number of nitrogens with zero attached hydrogens (tertiary/aromatic N) is 1. The first-order valence-corrected chi connectivity index (χ1v) is 6.42. The highest BCUT2D eigenvalue weighted by molar-refractivity contribution is 5.89. The van der Waals surface area contributed by atoms with Gasteiger partial charge in [-0.25, -0.2) is 4.79 Å². The summed E-state index contributed by atoms with van der Waals surface area (Å²) in [7, 11) is 0. The molecule has 1 atom stereocenters. The number of hydrogen-bond acceptors (Lipinski definition) is 4. The summed E-state index contributed by atoms with van der Waals surface area (Å²) in [6.45, 7) is 0.227. The van der Waals surface area contributed by atoms with Crippen molar-refractivity contribution in [3.8, 4) is 0 Å². The van der Waals surface area contributed by atoms with Crippen LogP contribution in [0.15, 0.2) is 0 Å². The van der Waals surface area contributed by atoms with Crippen LogP contribution < -0.4 is 5.32 Å². The SMILES string of the molecule is O=C(O)CC(NC(=O)CN1CCCCCC1=O)C(=O)O. The van der Waals surface area contributed by atoms with Crippen LogP contribution in [0.25, 0.3) is 0 Å². The van der Waals surface area contributed by atoms with Crippen LogP contribution in [-0.2, 0) is 19.2 Å². The van der Waals surface area contributed by atoms with Gasteiger partial charge in [-0.15, -0.1) is 0 Å². The van der Waals surface area contributed by atoms with E-state index in [1.165, 1.54) is 4.90 Å². The second-order valence-electron chi connectivity index (χ2n) is 4.68. The van der Waals surface area contributed by atoms with Crippen molar-refractivity contribution in [1.29, 1.82) is 0 Å². The van der Waals surface area contributed by atoms with Gasteiger partial charge in [0.05, 0.1) is 13.0 Å². The Labute approximate surface area is 115 Å². The fraction of sp³-hybridized carbons (Fsp3) is 0.667. The Morgan fingerprint density at radius 2 is 1.90 bits per heavy atom. The lowest BCUT2D eigenvalue weighted by molar-refractivity contribution is -0.147. The second-order valence-corrected chi connectivity index (χ2v) is 4.68. The van der Waals surface area contributed by atoms with Crippen LogP contribution >= 0.6 is 0 Å². The molecule has 2 amide bonds. The zero-order chi connectivity index (χ0) is 15.1. The maximum Gasteiger partial charge on any atom is 0.326 e. The minimum atomic E-state index is -1.48. The van der Waals surface area contributed by atoms with E-state index in [-0.39, 0.29) is 12.5 Å². The van der Waals surface area contributed by atoms with Gasteiger partial charge in [0.2, 0.25) is 11.8 Å². The van der Waals surface area contributed by atoms with Crippen molar-refractivity contribution in [1.82, 2.24) is 10.2 Å². The van der Waals surface area contributed by atoms with Crippen LogP contribution in [0, 0.1) is 0 Å². The summed E-state index contributed by atoms with van der Waals surface area (Å²) in [6, 6.07) is -1.48. The third kappa shape index (κ3) is 5.25. The van der Waals surface area contributed by atoms with Gasteiger partial charge in [-0.1, -0.05) is 6.42 Å². The molecule has 1 aliphatic rings. The first-order valence-electron chi connectivity index (χ1n) is 6.42. The topological polar surface area (TPSA) is 124 Å². The third-order valence-electron chi connectivity index (χ3n) is 3.02. The summed E-state index contributed by atoms with van der Waals surface area (Å²) in [5.41, 5.74) is 0. The molecular weight excluding hydrogens is 268 g/mol. The standard InChI is InChI=1S/C12H18N2O6/c15-9(13-8(12(19)20)6-11(17)18)7-14-5-3-1-2-4-10(14)16/h8H,1-7H2,(H,13,15)(H,17,18)(H,19,20). The normalized spacial score (nSPS) is 17.2. The van der Waals surface area contributed by atoms with Gasteiger partial charge in [0.25, 0.3) is 0 Å². The lowest BCUT2D eigenvalue weighted by atomic mass is 10.2. The molecule has 0 aromatic rings. The summed E-state index contributed by atoms with van der Waals surface area (Å²) in [4.78, 5) is 46.1. The molecule has 0 radical (unpaired) electrons. The van der Waals surface area contributed by atoms with E-state index in [1.54, 1.807) is 0 Å². The Hall–Kier alpha value is -2.12. The van der Waals surface area contributed by atoms with Crippen LogP contribution in [0.1, 0.15) is 32.1 Å².